The Morgan fingerprint density at radius 3 is 2.65 bits per heavy atom. The van der Waals surface area contributed by atoms with E-state index in [9.17, 15) is 4.79 Å². The van der Waals surface area contributed by atoms with Crippen molar-refractivity contribution in [3.05, 3.63) is 58.1 Å². The van der Waals surface area contributed by atoms with Crippen molar-refractivity contribution in [2.75, 3.05) is 18.5 Å². The van der Waals surface area contributed by atoms with Crippen LogP contribution in [0.3, 0.4) is 0 Å². The molecule has 23 heavy (non-hydrogen) atoms. The molecule has 0 aromatic heterocycles. The monoisotopic (exact) mass is 376 g/mol. The van der Waals surface area contributed by atoms with E-state index < -0.39 is 0 Å². The molecule has 0 atom stereocenters. The number of benzene rings is 2. The number of aryl methyl sites for hydroxylation is 2. The number of hydrogen-bond donors (Lipinski definition) is 2. The predicted molar refractivity (Wildman–Crippen MR) is 97.2 cm³/mol. The molecule has 0 aliphatic rings. The largest absolute Gasteiger partial charge is 0.493 e. The molecule has 2 aromatic rings. The average molecular weight is 377 g/mol. The maximum absolute atomic E-state index is 11.8. The van der Waals surface area contributed by atoms with Gasteiger partial charge in [-0.25, -0.2) is 4.79 Å². The van der Waals surface area contributed by atoms with Crippen LogP contribution in [-0.2, 0) is 0 Å². The number of ether oxygens (including phenoxy) is 1. The minimum absolute atomic E-state index is 0.206. The van der Waals surface area contributed by atoms with Crippen molar-refractivity contribution in [3.8, 4) is 5.75 Å². The number of hydrogen-bond acceptors (Lipinski definition) is 2. The van der Waals surface area contributed by atoms with Gasteiger partial charge in [0, 0.05) is 16.7 Å². The van der Waals surface area contributed by atoms with Crippen LogP contribution in [0.2, 0.25) is 0 Å². The molecule has 122 valence electrons. The van der Waals surface area contributed by atoms with Crippen molar-refractivity contribution in [1.82, 2.24) is 5.32 Å². The topological polar surface area (TPSA) is 50.4 Å². The first-order valence-electron chi connectivity index (χ1n) is 7.55. The minimum atomic E-state index is -0.206. The summed E-state index contributed by atoms with van der Waals surface area (Å²) in [5.74, 6) is 0.891. The predicted octanol–water partition coefficient (Wildman–Crippen LogP) is 4.66. The first kappa shape index (κ1) is 17.3. The first-order chi connectivity index (χ1) is 11.1. The van der Waals surface area contributed by atoms with Crippen LogP contribution in [0.15, 0.2) is 46.9 Å². The molecule has 0 aliphatic carbocycles. The Balaban J connectivity index is 1.67. The van der Waals surface area contributed by atoms with Crippen LogP contribution >= 0.6 is 15.9 Å². The van der Waals surface area contributed by atoms with Crippen LogP contribution in [0.1, 0.15) is 17.5 Å². The van der Waals surface area contributed by atoms with Gasteiger partial charge < -0.3 is 15.4 Å². The lowest BCUT2D eigenvalue weighted by atomic mass is 10.2. The first-order valence-corrected chi connectivity index (χ1v) is 8.35. The number of carbonyl (C=O) groups excluding carboxylic acids is 1. The van der Waals surface area contributed by atoms with Gasteiger partial charge in [-0.1, -0.05) is 34.1 Å². The molecule has 2 aromatic carbocycles. The number of amides is 2. The number of halogens is 1. The third-order valence-electron chi connectivity index (χ3n) is 3.37. The molecular weight excluding hydrogens is 356 g/mol. The van der Waals surface area contributed by atoms with E-state index in [0.717, 1.165) is 33.5 Å². The highest BCUT2D eigenvalue weighted by atomic mass is 79.9. The van der Waals surface area contributed by atoms with Crippen LogP contribution in [-0.4, -0.2) is 19.2 Å². The summed E-state index contributed by atoms with van der Waals surface area (Å²) in [6.45, 7) is 5.13. The summed E-state index contributed by atoms with van der Waals surface area (Å²) < 4.78 is 6.71. The highest BCUT2D eigenvalue weighted by Gasteiger charge is 2.03. The van der Waals surface area contributed by atoms with Crippen LogP contribution in [0.25, 0.3) is 0 Å². The summed E-state index contributed by atoms with van der Waals surface area (Å²) >= 11 is 3.44. The lowest BCUT2D eigenvalue weighted by Crippen LogP contribution is -2.30. The third kappa shape index (κ3) is 5.60. The molecular formula is C18H21BrN2O2. The molecule has 0 radical (unpaired) electrons. The van der Waals surface area contributed by atoms with Crippen molar-refractivity contribution in [3.63, 3.8) is 0 Å². The highest BCUT2D eigenvalue weighted by molar-refractivity contribution is 9.10. The van der Waals surface area contributed by atoms with E-state index in [1.54, 1.807) is 0 Å². The zero-order valence-corrected chi connectivity index (χ0v) is 14.9. The molecule has 2 rings (SSSR count). The van der Waals surface area contributed by atoms with Crippen LogP contribution < -0.4 is 15.4 Å². The molecule has 0 bridgehead atoms. The Morgan fingerprint density at radius 1 is 1.13 bits per heavy atom. The summed E-state index contributed by atoms with van der Waals surface area (Å²) in [5, 5.41) is 5.64. The molecule has 5 heteroatoms. The summed E-state index contributed by atoms with van der Waals surface area (Å²) in [7, 11) is 0. The molecule has 2 amide bonds. The van der Waals surface area contributed by atoms with Gasteiger partial charge in [0.05, 0.1) is 6.61 Å². The van der Waals surface area contributed by atoms with Gasteiger partial charge in [-0.3, -0.25) is 0 Å². The zero-order chi connectivity index (χ0) is 16.7. The fourth-order valence-electron chi connectivity index (χ4n) is 2.07. The van der Waals surface area contributed by atoms with Gasteiger partial charge in [0.2, 0.25) is 0 Å². The second-order valence-corrected chi connectivity index (χ2v) is 6.17. The molecule has 0 unspecified atom stereocenters. The molecule has 0 heterocycles. The van der Waals surface area contributed by atoms with Crippen molar-refractivity contribution >= 4 is 27.6 Å². The van der Waals surface area contributed by atoms with E-state index in [2.05, 4.69) is 26.6 Å². The van der Waals surface area contributed by atoms with Gasteiger partial charge in [0.1, 0.15) is 5.75 Å². The van der Waals surface area contributed by atoms with E-state index in [0.29, 0.717) is 13.2 Å². The Morgan fingerprint density at radius 2 is 1.91 bits per heavy atom. The fraction of sp³-hybridized carbons (Fsp3) is 0.278. The SMILES string of the molecule is Cc1cc(NC(=O)NCCCOc2ccccc2C)ccc1Br. The van der Waals surface area contributed by atoms with E-state index in [1.807, 2.05) is 56.3 Å². The Hall–Kier alpha value is -2.01. The number of anilines is 1. The quantitative estimate of drug-likeness (QED) is 0.720. The smallest absolute Gasteiger partial charge is 0.319 e. The number of urea groups is 1. The van der Waals surface area contributed by atoms with Gasteiger partial charge in [-0.15, -0.1) is 0 Å². The molecule has 2 N–H and O–H groups in total. The maximum atomic E-state index is 11.8. The van der Waals surface area contributed by atoms with Crippen molar-refractivity contribution < 1.29 is 9.53 Å². The number of nitrogens with one attached hydrogen (secondary N) is 2. The zero-order valence-electron chi connectivity index (χ0n) is 13.4. The van der Waals surface area contributed by atoms with E-state index in [4.69, 9.17) is 4.74 Å². The van der Waals surface area contributed by atoms with Crippen molar-refractivity contribution in [2.24, 2.45) is 0 Å². The third-order valence-corrected chi connectivity index (χ3v) is 4.26. The molecule has 0 saturated carbocycles. The summed E-state index contributed by atoms with van der Waals surface area (Å²) in [6, 6.07) is 13.4. The molecule has 0 aliphatic heterocycles. The summed E-state index contributed by atoms with van der Waals surface area (Å²) in [6.07, 6.45) is 0.751. The molecule has 0 saturated heterocycles. The lowest BCUT2D eigenvalue weighted by Gasteiger charge is -2.10. The normalized spacial score (nSPS) is 10.2. The van der Waals surface area contributed by atoms with Crippen LogP contribution in [0.4, 0.5) is 10.5 Å². The van der Waals surface area contributed by atoms with Gasteiger partial charge in [0.25, 0.3) is 0 Å². The molecule has 0 spiro atoms. The second-order valence-electron chi connectivity index (χ2n) is 5.31. The van der Waals surface area contributed by atoms with E-state index in [-0.39, 0.29) is 6.03 Å². The summed E-state index contributed by atoms with van der Waals surface area (Å²) in [4.78, 5) is 11.8. The average Bonchev–Trinajstić information content (AvgIpc) is 2.52. The standard InChI is InChI=1S/C18H21BrN2O2/c1-13-6-3-4-7-17(13)23-11-5-10-20-18(22)21-15-8-9-16(19)14(2)12-15/h3-4,6-9,12H,5,10-11H2,1-2H3,(H2,20,21,22). The van der Waals surface area contributed by atoms with Crippen LogP contribution in [0, 0.1) is 13.8 Å². The number of para-hydroxylation sites is 1. The Labute approximate surface area is 145 Å². The van der Waals surface area contributed by atoms with Crippen molar-refractivity contribution in [2.45, 2.75) is 20.3 Å². The lowest BCUT2D eigenvalue weighted by molar-refractivity contribution is 0.250. The summed E-state index contributed by atoms with van der Waals surface area (Å²) in [5.41, 5.74) is 2.97. The van der Waals surface area contributed by atoms with Gasteiger partial charge in [-0.2, -0.15) is 0 Å². The van der Waals surface area contributed by atoms with E-state index >= 15 is 0 Å². The second kappa shape index (κ2) is 8.58. The molecule has 4 nitrogen and oxygen atoms in total. The fourth-order valence-corrected chi connectivity index (χ4v) is 2.32. The maximum Gasteiger partial charge on any atom is 0.319 e. The van der Waals surface area contributed by atoms with Gasteiger partial charge in [-0.05, 0) is 55.7 Å². The van der Waals surface area contributed by atoms with E-state index in [1.165, 1.54) is 0 Å². The van der Waals surface area contributed by atoms with Crippen LogP contribution in [0.5, 0.6) is 5.75 Å². The van der Waals surface area contributed by atoms with Gasteiger partial charge >= 0.3 is 6.03 Å². The Kier molecular flexibility index (Phi) is 6.47. The number of rotatable bonds is 6. The molecule has 0 fully saturated rings. The van der Waals surface area contributed by atoms with Crippen molar-refractivity contribution in [1.29, 1.82) is 0 Å². The van der Waals surface area contributed by atoms with Gasteiger partial charge in [0.15, 0.2) is 0 Å². The Bertz CT molecular complexity index is 674. The number of carbonyl (C=O) groups is 1. The minimum Gasteiger partial charge on any atom is -0.493 e. The highest BCUT2D eigenvalue weighted by Crippen LogP contribution is 2.20.